The molecule has 0 atom stereocenters. The molecule has 0 spiro atoms. The summed E-state index contributed by atoms with van der Waals surface area (Å²) in [4.78, 5) is 39.3. The molecule has 4 rings (SSSR count). The van der Waals surface area contributed by atoms with E-state index in [4.69, 9.17) is 25.8 Å². The monoisotopic (exact) mass is 534 g/mol. The van der Waals surface area contributed by atoms with Crippen LogP contribution in [0.4, 0.5) is 4.79 Å². The number of carbonyl (C=O) groups is 3. The summed E-state index contributed by atoms with van der Waals surface area (Å²) < 4.78 is 16.9. The minimum Gasteiger partial charge on any atom is -0.493 e. The number of imide groups is 2. The van der Waals surface area contributed by atoms with Crippen LogP contribution in [-0.2, 0) is 22.7 Å². The molecule has 1 heterocycles. The van der Waals surface area contributed by atoms with E-state index in [0.717, 1.165) is 16.9 Å². The molecule has 0 aliphatic carbocycles. The van der Waals surface area contributed by atoms with Gasteiger partial charge in [-0.2, -0.15) is 0 Å². The number of methoxy groups -OCH3 is 1. The number of halogens is 1. The Balaban J connectivity index is 1.51. The molecule has 3 aromatic carbocycles. The van der Waals surface area contributed by atoms with Gasteiger partial charge in [0, 0.05) is 5.02 Å². The second-order valence-electron chi connectivity index (χ2n) is 8.53. The molecular formula is C29H27ClN2O6. The lowest BCUT2D eigenvalue weighted by molar-refractivity contribution is -0.130. The van der Waals surface area contributed by atoms with E-state index in [9.17, 15) is 14.4 Å². The highest BCUT2D eigenvalue weighted by Gasteiger charge is 2.35. The van der Waals surface area contributed by atoms with E-state index in [0.29, 0.717) is 46.6 Å². The number of benzene rings is 3. The summed E-state index contributed by atoms with van der Waals surface area (Å²) in [6.07, 6.45) is 2.28. The minimum atomic E-state index is -0.791. The first kappa shape index (κ1) is 26.8. The number of nitrogens with one attached hydrogen (secondary N) is 1. The maximum absolute atomic E-state index is 13.2. The lowest BCUT2D eigenvalue weighted by Gasteiger charge is -2.26. The summed E-state index contributed by atoms with van der Waals surface area (Å²) >= 11 is 6.03. The molecule has 1 N–H and O–H groups in total. The van der Waals surface area contributed by atoms with Gasteiger partial charge < -0.3 is 14.2 Å². The summed E-state index contributed by atoms with van der Waals surface area (Å²) in [5, 5.41) is 2.86. The Bertz CT molecular complexity index is 1390. The van der Waals surface area contributed by atoms with Gasteiger partial charge in [0.05, 0.1) is 20.3 Å². The van der Waals surface area contributed by atoms with Gasteiger partial charge in [-0.25, -0.2) is 4.79 Å². The number of nitrogens with zero attached hydrogens (tertiary/aromatic N) is 1. The number of hydrogen-bond acceptors (Lipinski definition) is 6. The lowest BCUT2D eigenvalue weighted by Crippen LogP contribution is -2.53. The van der Waals surface area contributed by atoms with Gasteiger partial charge in [0.2, 0.25) is 0 Å². The highest BCUT2D eigenvalue weighted by atomic mass is 35.5. The van der Waals surface area contributed by atoms with Gasteiger partial charge in [-0.1, -0.05) is 48.9 Å². The zero-order chi connectivity index (χ0) is 27.1. The standard InChI is InChI=1S/C29H27ClN2O6/c1-3-12-37-25-11-10-20(16-26(25)36-2)17-32-28(34)24(27(33)31-29(32)35)15-19-6-5-9-23(14-19)38-18-21-7-4-8-22(30)13-21/h4-11,13-16H,3,12,17-18H2,1-2H3,(H,31,33,35)/b24-15-. The van der Waals surface area contributed by atoms with E-state index in [1.807, 2.05) is 25.1 Å². The molecule has 3 aromatic rings. The van der Waals surface area contributed by atoms with Crippen LogP contribution in [0.1, 0.15) is 30.0 Å². The van der Waals surface area contributed by atoms with Gasteiger partial charge in [-0.3, -0.25) is 19.8 Å². The number of ether oxygens (including phenoxy) is 3. The molecule has 0 aromatic heterocycles. The fourth-order valence-electron chi connectivity index (χ4n) is 3.82. The van der Waals surface area contributed by atoms with Crippen molar-refractivity contribution in [3.05, 3.63) is 94.0 Å². The van der Waals surface area contributed by atoms with Crippen LogP contribution in [0.3, 0.4) is 0 Å². The number of carbonyl (C=O) groups excluding carboxylic acids is 3. The molecule has 0 unspecified atom stereocenters. The highest BCUT2D eigenvalue weighted by molar-refractivity contribution is 6.31. The lowest BCUT2D eigenvalue weighted by atomic mass is 10.1. The normalized spacial score (nSPS) is 14.4. The Morgan fingerprint density at radius 3 is 2.50 bits per heavy atom. The topological polar surface area (TPSA) is 94.2 Å². The number of rotatable bonds is 10. The molecule has 4 amide bonds. The van der Waals surface area contributed by atoms with Crippen LogP contribution < -0.4 is 19.5 Å². The molecule has 38 heavy (non-hydrogen) atoms. The van der Waals surface area contributed by atoms with Crippen LogP contribution in [0, 0.1) is 0 Å². The van der Waals surface area contributed by atoms with Crippen LogP contribution in [-0.4, -0.2) is 36.5 Å². The molecule has 0 radical (unpaired) electrons. The predicted molar refractivity (Wildman–Crippen MR) is 143 cm³/mol. The number of barbiturate groups is 1. The summed E-state index contributed by atoms with van der Waals surface area (Å²) in [6.45, 7) is 2.78. The van der Waals surface area contributed by atoms with Crippen LogP contribution in [0.15, 0.2) is 72.3 Å². The molecule has 1 aliphatic heterocycles. The second kappa shape index (κ2) is 12.3. The SMILES string of the molecule is CCCOc1ccc(CN2C(=O)NC(=O)/C(=C/c3cccc(OCc4cccc(Cl)c4)c3)C2=O)cc1OC. The van der Waals surface area contributed by atoms with Crippen molar-refractivity contribution in [2.75, 3.05) is 13.7 Å². The van der Waals surface area contributed by atoms with Crippen LogP contribution >= 0.6 is 11.6 Å². The van der Waals surface area contributed by atoms with E-state index in [-0.39, 0.29) is 12.1 Å². The van der Waals surface area contributed by atoms with E-state index >= 15 is 0 Å². The first-order valence-corrected chi connectivity index (χ1v) is 12.4. The van der Waals surface area contributed by atoms with Crippen molar-refractivity contribution in [3.63, 3.8) is 0 Å². The van der Waals surface area contributed by atoms with Crippen LogP contribution in [0.5, 0.6) is 17.2 Å². The minimum absolute atomic E-state index is 0.0531. The third-order valence-electron chi connectivity index (χ3n) is 5.68. The van der Waals surface area contributed by atoms with Crippen molar-refractivity contribution >= 4 is 35.5 Å². The number of urea groups is 1. The summed E-state index contributed by atoms with van der Waals surface area (Å²) in [5.41, 5.74) is 1.95. The van der Waals surface area contributed by atoms with Crippen LogP contribution in [0.2, 0.25) is 5.02 Å². The van der Waals surface area contributed by atoms with Crippen molar-refractivity contribution < 1.29 is 28.6 Å². The van der Waals surface area contributed by atoms with Crippen molar-refractivity contribution in [2.45, 2.75) is 26.5 Å². The Hall–Kier alpha value is -4.30. The van der Waals surface area contributed by atoms with Gasteiger partial charge in [-0.15, -0.1) is 0 Å². The van der Waals surface area contributed by atoms with Gasteiger partial charge in [-0.05, 0) is 65.6 Å². The Labute approximate surface area is 225 Å². The van der Waals surface area contributed by atoms with E-state index in [1.165, 1.54) is 13.2 Å². The molecule has 9 heteroatoms. The van der Waals surface area contributed by atoms with Gasteiger partial charge in [0.25, 0.3) is 11.8 Å². The largest absolute Gasteiger partial charge is 0.493 e. The molecule has 1 aliphatic rings. The van der Waals surface area contributed by atoms with Crippen LogP contribution in [0.25, 0.3) is 6.08 Å². The third-order valence-corrected chi connectivity index (χ3v) is 5.91. The Kier molecular flexibility index (Phi) is 8.66. The predicted octanol–water partition coefficient (Wildman–Crippen LogP) is 5.38. The van der Waals surface area contributed by atoms with E-state index < -0.39 is 17.8 Å². The average Bonchev–Trinajstić information content (AvgIpc) is 2.91. The maximum atomic E-state index is 13.2. The Morgan fingerprint density at radius 1 is 0.921 bits per heavy atom. The average molecular weight is 535 g/mol. The van der Waals surface area contributed by atoms with Crippen molar-refractivity contribution in [2.24, 2.45) is 0 Å². The molecule has 0 saturated carbocycles. The van der Waals surface area contributed by atoms with E-state index in [2.05, 4.69) is 5.32 Å². The van der Waals surface area contributed by atoms with Crippen molar-refractivity contribution in [1.29, 1.82) is 0 Å². The third kappa shape index (κ3) is 6.52. The first-order chi connectivity index (χ1) is 18.4. The zero-order valence-corrected chi connectivity index (χ0v) is 21.8. The summed E-state index contributed by atoms with van der Waals surface area (Å²) in [7, 11) is 1.52. The molecular weight excluding hydrogens is 508 g/mol. The quantitative estimate of drug-likeness (QED) is 0.277. The van der Waals surface area contributed by atoms with Crippen molar-refractivity contribution in [1.82, 2.24) is 10.2 Å². The van der Waals surface area contributed by atoms with Gasteiger partial charge >= 0.3 is 6.03 Å². The van der Waals surface area contributed by atoms with E-state index in [1.54, 1.807) is 48.5 Å². The molecule has 8 nitrogen and oxygen atoms in total. The molecule has 1 fully saturated rings. The summed E-state index contributed by atoms with van der Waals surface area (Å²) in [6, 6.07) is 18.7. The molecule has 1 saturated heterocycles. The van der Waals surface area contributed by atoms with Gasteiger partial charge in [0.15, 0.2) is 11.5 Å². The zero-order valence-electron chi connectivity index (χ0n) is 21.0. The van der Waals surface area contributed by atoms with Gasteiger partial charge in [0.1, 0.15) is 17.9 Å². The first-order valence-electron chi connectivity index (χ1n) is 12.0. The summed E-state index contributed by atoms with van der Waals surface area (Å²) in [5.74, 6) is 0.146. The molecule has 196 valence electrons. The number of hydrogen-bond donors (Lipinski definition) is 1. The fourth-order valence-corrected chi connectivity index (χ4v) is 4.03. The smallest absolute Gasteiger partial charge is 0.331 e. The molecule has 0 bridgehead atoms. The maximum Gasteiger partial charge on any atom is 0.331 e. The highest BCUT2D eigenvalue weighted by Crippen LogP contribution is 2.29. The fraction of sp³-hybridized carbons (Fsp3) is 0.207. The van der Waals surface area contributed by atoms with Crippen molar-refractivity contribution in [3.8, 4) is 17.2 Å². The number of amides is 4. The second-order valence-corrected chi connectivity index (χ2v) is 8.97. The Morgan fingerprint density at radius 2 is 1.74 bits per heavy atom.